The maximum atomic E-state index is 13.4. The normalized spacial score (nSPS) is 12.1. The molecule has 2 aromatic carbocycles. The summed E-state index contributed by atoms with van der Waals surface area (Å²) in [4.78, 5) is 11.4. The summed E-state index contributed by atoms with van der Waals surface area (Å²) in [6.07, 6.45) is -0.0407. The molecule has 5 nitrogen and oxygen atoms in total. The number of nitrogens with zero attached hydrogens (tertiary/aromatic N) is 1. The summed E-state index contributed by atoms with van der Waals surface area (Å²) in [7, 11) is 0. The van der Waals surface area contributed by atoms with Gasteiger partial charge in [-0.15, -0.1) is 13.2 Å². The Morgan fingerprint density at radius 2 is 1.79 bits per heavy atom. The van der Waals surface area contributed by atoms with Crippen molar-refractivity contribution in [1.29, 1.82) is 0 Å². The number of aromatic nitrogens is 1. The van der Waals surface area contributed by atoms with Gasteiger partial charge in [-0.2, -0.15) is 0 Å². The number of alkyl halides is 3. The Morgan fingerprint density at radius 1 is 1.05 bits per heavy atom. The number of aryl methyl sites for hydroxylation is 1. The number of hydrogen-bond acceptors (Lipinski definition) is 4. The standard InChI is InChI=1S/C31H38F3NO4/c1-7-9-10-11-22-12-15-25(28(16-22)39-31(32,33)34)27-17-23-13-14-24(18-26(23)35(27)21(3)4)37-19-30(5,6)20-38-29(36)8-2/h8,12-18,21H,2,7,9-11,19-20H2,1,3-6H3. The summed E-state index contributed by atoms with van der Waals surface area (Å²) in [5.74, 6) is -0.0849. The van der Waals surface area contributed by atoms with Gasteiger partial charge in [-0.05, 0) is 62.6 Å². The Hall–Kier alpha value is -3.42. The Labute approximate surface area is 228 Å². The van der Waals surface area contributed by atoms with E-state index in [-0.39, 0.29) is 18.4 Å². The first-order chi connectivity index (χ1) is 18.3. The lowest BCUT2D eigenvalue weighted by Crippen LogP contribution is -2.28. The monoisotopic (exact) mass is 545 g/mol. The number of carbonyl (C=O) groups is 1. The van der Waals surface area contributed by atoms with E-state index in [9.17, 15) is 18.0 Å². The molecule has 0 bridgehead atoms. The molecule has 0 aliphatic carbocycles. The Balaban J connectivity index is 1.97. The van der Waals surface area contributed by atoms with Crippen LogP contribution in [0.25, 0.3) is 22.2 Å². The maximum absolute atomic E-state index is 13.4. The van der Waals surface area contributed by atoms with E-state index in [0.29, 0.717) is 30.0 Å². The van der Waals surface area contributed by atoms with E-state index in [4.69, 9.17) is 9.47 Å². The van der Waals surface area contributed by atoms with Gasteiger partial charge in [-0.1, -0.05) is 46.3 Å². The number of benzene rings is 2. The number of carbonyl (C=O) groups excluding carboxylic acids is 1. The molecule has 0 aliphatic rings. The van der Waals surface area contributed by atoms with Crippen molar-refractivity contribution in [3.05, 3.63) is 60.7 Å². The van der Waals surface area contributed by atoms with E-state index in [2.05, 4.69) is 18.2 Å². The molecule has 0 amide bonds. The van der Waals surface area contributed by atoms with Gasteiger partial charge in [-0.25, -0.2) is 4.79 Å². The Morgan fingerprint density at radius 3 is 2.44 bits per heavy atom. The fourth-order valence-electron chi connectivity index (χ4n) is 4.42. The van der Waals surface area contributed by atoms with Gasteiger partial charge in [0.25, 0.3) is 0 Å². The summed E-state index contributed by atoms with van der Waals surface area (Å²) in [6, 6.07) is 12.5. The maximum Gasteiger partial charge on any atom is 0.573 e. The molecular weight excluding hydrogens is 507 g/mol. The Kier molecular flexibility index (Phi) is 9.75. The van der Waals surface area contributed by atoms with Gasteiger partial charge in [0.15, 0.2) is 0 Å². The average molecular weight is 546 g/mol. The van der Waals surface area contributed by atoms with Crippen molar-refractivity contribution in [2.75, 3.05) is 13.2 Å². The lowest BCUT2D eigenvalue weighted by molar-refractivity contribution is -0.274. The number of halogens is 3. The van der Waals surface area contributed by atoms with Crippen LogP contribution in [0, 0.1) is 5.41 Å². The lowest BCUT2D eigenvalue weighted by atomic mass is 9.96. The second kappa shape index (κ2) is 12.6. The molecule has 39 heavy (non-hydrogen) atoms. The third-order valence-corrected chi connectivity index (χ3v) is 6.35. The number of fused-ring (bicyclic) bond motifs is 1. The predicted molar refractivity (Wildman–Crippen MR) is 148 cm³/mol. The van der Waals surface area contributed by atoms with E-state index in [1.807, 2.05) is 62.6 Å². The van der Waals surface area contributed by atoms with Crippen molar-refractivity contribution in [2.24, 2.45) is 5.41 Å². The molecule has 0 saturated heterocycles. The van der Waals surface area contributed by atoms with Crippen molar-refractivity contribution < 1.29 is 32.2 Å². The summed E-state index contributed by atoms with van der Waals surface area (Å²) < 4.78 is 58.0. The summed E-state index contributed by atoms with van der Waals surface area (Å²) in [5.41, 5.74) is 2.22. The third-order valence-electron chi connectivity index (χ3n) is 6.35. The first kappa shape index (κ1) is 30.1. The van der Waals surface area contributed by atoms with E-state index in [1.165, 1.54) is 6.07 Å². The Bertz CT molecular complexity index is 1290. The quantitative estimate of drug-likeness (QED) is 0.123. The molecule has 0 radical (unpaired) electrons. The number of hydrogen-bond donors (Lipinski definition) is 0. The van der Waals surface area contributed by atoms with Gasteiger partial charge in [0, 0.05) is 34.5 Å². The third kappa shape index (κ3) is 8.28. The van der Waals surface area contributed by atoms with Crippen LogP contribution in [-0.4, -0.2) is 30.1 Å². The van der Waals surface area contributed by atoms with Crippen molar-refractivity contribution in [2.45, 2.75) is 72.7 Å². The minimum absolute atomic E-state index is 0.0505. The van der Waals surface area contributed by atoms with Crippen LogP contribution in [0.5, 0.6) is 11.5 Å². The molecule has 3 aromatic rings. The van der Waals surface area contributed by atoms with Crippen LogP contribution in [0.4, 0.5) is 13.2 Å². The van der Waals surface area contributed by atoms with E-state index in [0.717, 1.165) is 41.8 Å². The topological polar surface area (TPSA) is 49.7 Å². The largest absolute Gasteiger partial charge is 0.573 e. The molecular formula is C31H38F3NO4. The molecule has 1 aromatic heterocycles. The van der Waals surface area contributed by atoms with Crippen LogP contribution < -0.4 is 9.47 Å². The minimum Gasteiger partial charge on any atom is -0.493 e. The molecule has 1 heterocycles. The smallest absolute Gasteiger partial charge is 0.493 e. The first-order valence-electron chi connectivity index (χ1n) is 13.3. The van der Waals surface area contributed by atoms with Crippen LogP contribution in [0.15, 0.2) is 55.1 Å². The molecule has 212 valence electrons. The lowest BCUT2D eigenvalue weighted by Gasteiger charge is -2.24. The highest BCUT2D eigenvalue weighted by molar-refractivity contribution is 5.89. The van der Waals surface area contributed by atoms with Gasteiger partial charge >= 0.3 is 12.3 Å². The zero-order chi connectivity index (χ0) is 28.8. The van der Waals surface area contributed by atoms with Crippen LogP contribution in [-0.2, 0) is 16.0 Å². The SMILES string of the molecule is C=CC(=O)OCC(C)(C)COc1ccc2cc(-c3ccc(CCCCC)cc3OC(F)(F)F)n(C(C)C)c2c1. The molecule has 0 N–H and O–H groups in total. The number of unbranched alkanes of at least 4 members (excludes halogenated alkanes) is 2. The van der Waals surface area contributed by atoms with Crippen molar-refractivity contribution >= 4 is 16.9 Å². The van der Waals surface area contributed by atoms with Gasteiger partial charge in [-0.3, -0.25) is 0 Å². The number of ether oxygens (including phenoxy) is 3. The molecule has 8 heteroatoms. The highest BCUT2D eigenvalue weighted by atomic mass is 19.4. The summed E-state index contributed by atoms with van der Waals surface area (Å²) in [5, 5.41) is 0.871. The highest BCUT2D eigenvalue weighted by Crippen LogP contribution is 2.40. The zero-order valence-corrected chi connectivity index (χ0v) is 23.4. The van der Waals surface area contributed by atoms with Crippen LogP contribution in [0.3, 0.4) is 0 Å². The molecule has 0 aliphatic heterocycles. The number of rotatable bonds is 13. The van der Waals surface area contributed by atoms with E-state index in [1.54, 1.807) is 6.07 Å². The van der Waals surface area contributed by atoms with E-state index < -0.39 is 17.7 Å². The van der Waals surface area contributed by atoms with Crippen molar-refractivity contribution in [1.82, 2.24) is 4.57 Å². The molecule has 0 atom stereocenters. The van der Waals surface area contributed by atoms with E-state index >= 15 is 0 Å². The molecule has 0 spiro atoms. The van der Waals surface area contributed by atoms with Gasteiger partial charge in [0.2, 0.25) is 0 Å². The van der Waals surface area contributed by atoms with Gasteiger partial charge in [0.05, 0.1) is 24.4 Å². The van der Waals surface area contributed by atoms with Crippen LogP contribution >= 0.6 is 0 Å². The summed E-state index contributed by atoms with van der Waals surface area (Å²) >= 11 is 0. The van der Waals surface area contributed by atoms with Crippen LogP contribution in [0.1, 0.15) is 65.5 Å². The van der Waals surface area contributed by atoms with Crippen LogP contribution in [0.2, 0.25) is 0 Å². The summed E-state index contributed by atoms with van der Waals surface area (Å²) in [6.45, 7) is 13.8. The molecule has 0 fully saturated rings. The van der Waals surface area contributed by atoms with Crippen molar-refractivity contribution in [3.63, 3.8) is 0 Å². The molecule has 0 unspecified atom stereocenters. The minimum atomic E-state index is -4.81. The van der Waals surface area contributed by atoms with Gasteiger partial charge < -0.3 is 18.8 Å². The fraction of sp³-hybridized carbons (Fsp3) is 0.452. The predicted octanol–water partition coefficient (Wildman–Crippen LogP) is 8.65. The zero-order valence-electron chi connectivity index (χ0n) is 23.4. The second-order valence-corrected chi connectivity index (χ2v) is 10.8. The van der Waals surface area contributed by atoms with Gasteiger partial charge in [0.1, 0.15) is 11.5 Å². The number of esters is 1. The second-order valence-electron chi connectivity index (χ2n) is 10.8. The fourth-order valence-corrected chi connectivity index (χ4v) is 4.42. The highest BCUT2D eigenvalue weighted by Gasteiger charge is 2.33. The molecule has 3 rings (SSSR count). The average Bonchev–Trinajstić information content (AvgIpc) is 3.24. The molecule has 0 saturated carbocycles. The van der Waals surface area contributed by atoms with Crippen molar-refractivity contribution in [3.8, 4) is 22.8 Å². The first-order valence-corrected chi connectivity index (χ1v) is 13.3.